The van der Waals surface area contributed by atoms with Crippen molar-refractivity contribution in [1.29, 1.82) is 0 Å². The van der Waals surface area contributed by atoms with Crippen LogP contribution in [-0.4, -0.2) is 16.7 Å². The first-order valence-electron chi connectivity index (χ1n) is 5.48. The Hall–Kier alpha value is -1.88. The van der Waals surface area contributed by atoms with Gasteiger partial charge in [0.1, 0.15) is 5.75 Å². The molecule has 1 heterocycles. The Bertz CT molecular complexity index is 465. The van der Waals surface area contributed by atoms with Gasteiger partial charge in [-0.3, -0.25) is 0 Å². The Kier molecular flexibility index (Phi) is 3.72. The zero-order chi connectivity index (χ0) is 12.1. The number of rotatable bonds is 5. The van der Waals surface area contributed by atoms with Crippen LogP contribution in [0.5, 0.6) is 5.75 Å². The van der Waals surface area contributed by atoms with Gasteiger partial charge in [0.15, 0.2) is 6.61 Å². The maximum Gasteiger partial charge on any atom is 0.253 e. The largest absolute Gasteiger partial charge is 0.484 e. The van der Waals surface area contributed by atoms with Gasteiger partial charge in [0.2, 0.25) is 5.89 Å². The number of aromatic nitrogens is 2. The van der Waals surface area contributed by atoms with E-state index in [9.17, 15) is 0 Å². The van der Waals surface area contributed by atoms with Crippen LogP contribution in [0.3, 0.4) is 0 Å². The summed E-state index contributed by atoms with van der Waals surface area (Å²) >= 11 is 0. The van der Waals surface area contributed by atoms with Crippen molar-refractivity contribution in [3.05, 3.63) is 41.6 Å². The summed E-state index contributed by atoms with van der Waals surface area (Å²) < 4.78 is 10.7. The van der Waals surface area contributed by atoms with Gasteiger partial charge >= 0.3 is 0 Å². The summed E-state index contributed by atoms with van der Waals surface area (Å²) in [5, 5.41) is 7.58. The van der Waals surface area contributed by atoms with Gasteiger partial charge in [0, 0.05) is 6.92 Å². The SMILES string of the molecule is Cc1nnc(COc2ccc(CCN)cc2)o1. The maximum atomic E-state index is 5.51. The third-order valence-electron chi connectivity index (χ3n) is 2.29. The topological polar surface area (TPSA) is 74.2 Å². The first-order chi connectivity index (χ1) is 8.28. The smallest absolute Gasteiger partial charge is 0.253 e. The molecule has 0 saturated carbocycles. The first-order valence-corrected chi connectivity index (χ1v) is 5.48. The van der Waals surface area contributed by atoms with E-state index in [0.29, 0.717) is 18.3 Å². The molecule has 0 saturated heterocycles. The van der Waals surface area contributed by atoms with Crippen molar-refractivity contribution in [3.8, 4) is 5.75 Å². The van der Waals surface area contributed by atoms with Crippen LogP contribution in [0.25, 0.3) is 0 Å². The van der Waals surface area contributed by atoms with E-state index in [1.165, 1.54) is 5.56 Å². The van der Waals surface area contributed by atoms with Crippen LogP contribution in [0.4, 0.5) is 0 Å². The molecule has 0 atom stereocenters. The molecule has 0 aliphatic rings. The van der Waals surface area contributed by atoms with Crippen molar-refractivity contribution in [2.24, 2.45) is 5.73 Å². The van der Waals surface area contributed by atoms with Crippen molar-refractivity contribution >= 4 is 0 Å². The lowest BCUT2D eigenvalue weighted by molar-refractivity contribution is 0.260. The maximum absolute atomic E-state index is 5.51. The molecule has 0 amide bonds. The summed E-state index contributed by atoms with van der Waals surface area (Å²) in [6, 6.07) is 7.82. The van der Waals surface area contributed by atoms with Crippen LogP contribution in [-0.2, 0) is 13.0 Å². The molecule has 5 nitrogen and oxygen atoms in total. The monoisotopic (exact) mass is 233 g/mol. The third-order valence-corrected chi connectivity index (χ3v) is 2.29. The zero-order valence-electron chi connectivity index (χ0n) is 9.72. The van der Waals surface area contributed by atoms with Crippen molar-refractivity contribution in [1.82, 2.24) is 10.2 Å². The number of ether oxygens (including phenoxy) is 1. The normalized spacial score (nSPS) is 10.5. The van der Waals surface area contributed by atoms with E-state index in [0.717, 1.165) is 12.2 Å². The minimum Gasteiger partial charge on any atom is -0.484 e. The highest BCUT2D eigenvalue weighted by molar-refractivity contribution is 5.27. The number of aryl methyl sites for hydroxylation is 1. The quantitative estimate of drug-likeness (QED) is 0.846. The molecule has 1 aromatic heterocycles. The second kappa shape index (κ2) is 5.45. The molecule has 0 unspecified atom stereocenters. The van der Waals surface area contributed by atoms with Gasteiger partial charge in [0.05, 0.1) is 0 Å². The van der Waals surface area contributed by atoms with E-state index < -0.39 is 0 Å². The summed E-state index contributed by atoms with van der Waals surface area (Å²) in [5.74, 6) is 1.80. The standard InChI is InChI=1S/C12H15N3O2/c1-9-14-15-12(17-9)8-16-11-4-2-10(3-5-11)6-7-13/h2-5H,6-8,13H2,1H3. The summed E-state index contributed by atoms with van der Waals surface area (Å²) in [6.07, 6.45) is 0.878. The molecule has 0 fully saturated rings. The third kappa shape index (κ3) is 3.29. The van der Waals surface area contributed by atoms with Gasteiger partial charge in [-0.15, -0.1) is 10.2 Å². The zero-order valence-corrected chi connectivity index (χ0v) is 9.72. The highest BCUT2D eigenvalue weighted by Crippen LogP contribution is 2.14. The minimum atomic E-state index is 0.289. The Labute approximate surface area is 99.6 Å². The summed E-state index contributed by atoms with van der Waals surface area (Å²) in [6.45, 7) is 2.69. The number of nitrogens with two attached hydrogens (primary N) is 1. The number of hydrogen-bond donors (Lipinski definition) is 1. The Balaban J connectivity index is 1.90. The van der Waals surface area contributed by atoms with Crippen LogP contribution < -0.4 is 10.5 Å². The van der Waals surface area contributed by atoms with Crippen LogP contribution in [0.2, 0.25) is 0 Å². The fourth-order valence-corrected chi connectivity index (χ4v) is 1.46. The van der Waals surface area contributed by atoms with Crippen LogP contribution in [0, 0.1) is 6.92 Å². The highest BCUT2D eigenvalue weighted by Gasteiger charge is 2.03. The summed E-state index contributed by atoms with van der Waals surface area (Å²) in [4.78, 5) is 0. The molecule has 0 aliphatic heterocycles. The Morgan fingerprint density at radius 3 is 2.59 bits per heavy atom. The van der Waals surface area contributed by atoms with E-state index in [1.54, 1.807) is 6.92 Å². The van der Waals surface area contributed by atoms with Gasteiger partial charge < -0.3 is 14.9 Å². The van der Waals surface area contributed by atoms with Gasteiger partial charge in [-0.2, -0.15) is 0 Å². The molecule has 2 rings (SSSR count). The molecule has 0 spiro atoms. The Morgan fingerprint density at radius 2 is 2.00 bits per heavy atom. The van der Waals surface area contributed by atoms with E-state index in [4.69, 9.17) is 14.9 Å². The second-order valence-corrected chi connectivity index (χ2v) is 3.69. The van der Waals surface area contributed by atoms with E-state index >= 15 is 0 Å². The van der Waals surface area contributed by atoms with Crippen molar-refractivity contribution < 1.29 is 9.15 Å². The molecular weight excluding hydrogens is 218 g/mol. The average Bonchev–Trinajstić information content (AvgIpc) is 2.75. The van der Waals surface area contributed by atoms with Crippen molar-refractivity contribution in [3.63, 3.8) is 0 Å². The lowest BCUT2D eigenvalue weighted by Crippen LogP contribution is -2.02. The molecule has 17 heavy (non-hydrogen) atoms. The highest BCUT2D eigenvalue weighted by atomic mass is 16.5. The van der Waals surface area contributed by atoms with Crippen LogP contribution in [0.15, 0.2) is 28.7 Å². The van der Waals surface area contributed by atoms with Crippen LogP contribution in [0.1, 0.15) is 17.3 Å². The predicted molar refractivity (Wildman–Crippen MR) is 62.6 cm³/mol. The van der Waals surface area contributed by atoms with Gasteiger partial charge in [0.25, 0.3) is 5.89 Å². The molecule has 2 aromatic rings. The van der Waals surface area contributed by atoms with E-state index in [2.05, 4.69) is 10.2 Å². The van der Waals surface area contributed by atoms with Crippen molar-refractivity contribution in [2.45, 2.75) is 20.0 Å². The second-order valence-electron chi connectivity index (χ2n) is 3.69. The number of nitrogens with zero attached hydrogens (tertiary/aromatic N) is 2. The van der Waals surface area contributed by atoms with Crippen molar-refractivity contribution in [2.75, 3.05) is 6.54 Å². The van der Waals surface area contributed by atoms with Crippen LogP contribution >= 0.6 is 0 Å². The molecule has 2 N–H and O–H groups in total. The van der Waals surface area contributed by atoms with E-state index in [-0.39, 0.29) is 6.61 Å². The number of hydrogen-bond acceptors (Lipinski definition) is 5. The number of benzene rings is 1. The summed E-state index contributed by atoms with van der Waals surface area (Å²) in [7, 11) is 0. The fraction of sp³-hybridized carbons (Fsp3) is 0.333. The molecular formula is C12H15N3O2. The van der Waals surface area contributed by atoms with Gasteiger partial charge in [-0.05, 0) is 30.7 Å². The molecule has 0 aliphatic carbocycles. The van der Waals surface area contributed by atoms with Gasteiger partial charge in [-0.25, -0.2) is 0 Å². The molecule has 1 aromatic carbocycles. The lowest BCUT2D eigenvalue weighted by atomic mass is 10.1. The first kappa shape index (κ1) is 11.6. The minimum absolute atomic E-state index is 0.289. The Morgan fingerprint density at radius 1 is 1.24 bits per heavy atom. The molecule has 90 valence electrons. The fourth-order valence-electron chi connectivity index (χ4n) is 1.46. The van der Waals surface area contributed by atoms with Gasteiger partial charge in [-0.1, -0.05) is 12.1 Å². The predicted octanol–water partition coefficient (Wildman–Crippen LogP) is 1.46. The molecule has 0 bridgehead atoms. The van der Waals surface area contributed by atoms with E-state index in [1.807, 2.05) is 24.3 Å². The lowest BCUT2D eigenvalue weighted by Gasteiger charge is -2.04. The average molecular weight is 233 g/mol. The summed E-state index contributed by atoms with van der Waals surface area (Å²) in [5.41, 5.74) is 6.68. The molecule has 0 radical (unpaired) electrons. The molecule has 5 heteroatoms.